The van der Waals surface area contributed by atoms with Crippen molar-refractivity contribution in [2.75, 3.05) is 41.6 Å². The van der Waals surface area contributed by atoms with Crippen molar-refractivity contribution in [3.8, 4) is 23.0 Å². The van der Waals surface area contributed by atoms with E-state index in [1.807, 2.05) is 13.8 Å². The van der Waals surface area contributed by atoms with Crippen LogP contribution in [0.4, 0.5) is 0 Å². The highest BCUT2D eigenvalue weighted by atomic mass is 16.5. The van der Waals surface area contributed by atoms with Crippen LogP contribution in [0.3, 0.4) is 0 Å². The van der Waals surface area contributed by atoms with E-state index in [4.69, 9.17) is 23.7 Å². The zero-order valence-electron chi connectivity index (χ0n) is 20.8. The van der Waals surface area contributed by atoms with Crippen LogP contribution in [0.5, 0.6) is 23.0 Å². The SMILES string of the molecule is COc1ccccc1/C(O)=C1\C(=O)C(=O)N(CCOC(C)C)C1c1cc(OC)c(OC)c(OC)c1. The predicted molar refractivity (Wildman–Crippen MR) is 129 cm³/mol. The van der Waals surface area contributed by atoms with E-state index in [-0.39, 0.29) is 30.6 Å². The van der Waals surface area contributed by atoms with Gasteiger partial charge in [-0.05, 0) is 43.7 Å². The summed E-state index contributed by atoms with van der Waals surface area (Å²) in [6.45, 7) is 4.10. The molecule has 1 aliphatic heterocycles. The molecule has 1 saturated heterocycles. The van der Waals surface area contributed by atoms with Gasteiger partial charge in [0.2, 0.25) is 5.75 Å². The Hall–Kier alpha value is -3.72. The maximum absolute atomic E-state index is 13.3. The monoisotopic (exact) mass is 485 g/mol. The molecule has 0 aromatic heterocycles. The topological polar surface area (TPSA) is 104 Å². The number of likely N-dealkylation sites (tertiary alicyclic amines) is 1. The molecule has 188 valence electrons. The minimum atomic E-state index is -0.926. The van der Waals surface area contributed by atoms with Crippen molar-refractivity contribution in [3.05, 3.63) is 53.1 Å². The van der Waals surface area contributed by atoms with E-state index in [1.165, 1.54) is 33.3 Å². The number of aliphatic hydroxyl groups excluding tert-OH is 1. The summed E-state index contributed by atoms with van der Waals surface area (Å²) in [7, 11) is 5.90. The van der Waals surface area contributed by atoms with Gasteiger partial charge in [0.15, 0.2) is 11.5 Å². The van der Waals surface area contributed by atoms with Crippen molar-refractivity contribution < 1.29 is 38.4 Å². The first-order valence-electron chi connectivity index (χ1n) is 11.1. The number of rotatable bonds is 10. The lowest BCUT2D eigenvalue weighted by Crippen LogP contribution is -2.33. The van der Waals surface area contributed by atoms with Gasteiger partial charge in [-0.25, -0.2) is 0 Å². The fraction of sp³-hybridized carbons (Fsp3) is 0.385. The van der Waals surface area contributed by atoms with Gasteiger partial charge in [-0.15, -0.1) is 0 Å². The number of benzene rings is 2. The second-order valence-electron chi connectivity index (χ2n) is 8.07. The van der Waals surface area contributed by atoms with Crippen molar-refractivity contribution in [3.63, 3.8) is 0 Å². The molecule has 0 radical (unpaired) electrons. The smallest absolute Gasteiger partial charge is 0.295 e. The van der Waals surface area contributed by atoms with Gasteiger partial charge in [0.25, 0.3) is 11.7 Å². The molecule has 9 nitrogen and oxygen atoms in total. The Balaban J connectivity index is 2.25. The molecule has 0 bridgehead atoms. The molecule has 2 aromatic rings. The maximum Gasteiger partial charge on any atom is 0.295 e. The third-order valence-electron chi connectivity index (χ3n) is 5.69. The number of hydrogen-bond donors (Lipinski definition) is 1. The molecule has 0 saturated carbocycles. The minimum Gasteiger partial charge on any atom is -0.507 e. The zero-order chi connectivity index (χ0) is 25.7. The average Bonchev–Trinajstić information content (AvgIpc) is 3.12. The second kappa shape index (κ2) is 11.1. The van der Waals surface area contributed by atoms with E-state index >= 15 is 0 Å². The van der Waals surface area contributed by atoms with Crippen LogP contribution in [0.1, 0.15) is 31.0 Å². The highest BCUT2D eigenvalue weighted by molar-refractivity contribution is 6.46. The molecule has 1 unspecified atom stereocenters. The van der Waals surface area contributed by atoms with Gasteiger partial charge in [-0.3, -0.25) is 9.59 Å². The molecule has 1 N–H and O–H groups in total. The Kier molecular flexibility index (Phi) is 8.24. The Morgan fingerprint density at radius 2 is 1.54 bits per heavy atom. The summed E-state index contributed by atoms with van der Waals surface area (Å²) in [5, 5.41) is 11.3. The van der Waals surface area contributed by atoms with Crippen LogP contribution in [-0.2, 0) is 14.3 Å². The summed E-state index contributed by atoms with van der Waals surface area (Å²) in [6, 6.07) is 9.12. The second-order valence-corrected chi connectivity index (χ2v) is 8.07. The lowest BCUT2D eigenvalue weighted by Gasteiger charge is -2.27. The molecule has 3 rings (SSSR count). The molecule has 1 aliphatic rings. The van der Waals surface area contributed by atoms with Gasteiger partial charge in [-0.1, -0.05) is 12.1 Å². The molecule has 1 amide bonds. The molecular weight excluding hydrogens is 454 g/mol. The summed E-state index contributed by atoms with van der Waals surface area (Å²) in [5.74, 6) is -0.464. The standard InChI is InChI=1S/C26H31NO8/c1-15(2)35-12-11-27-22(16-13-19(32-4)25(34-6)20(14-16)33-5)21(24(29)26(27)30)23(28)17-9-7-8-10-18(17)31-3/h7-10,13-15,22,28H,11-12H2,1-6H3/b23-21+. The average molecular weight is 486 g/mol. The van der Waals surface area contributed by atoms with Gasteiger partial charge >= 0.3 is 0 Å². The molecule has 1 heterocycles. The van der Waals surface area contributed by atoms with Crippen molar-refractivity contribution in [1.82, 2.24) is 4.90 Å². The van der Waals surface area contributed by atoms with E-state index in [0.717, 1.165) is 0 Å². The van der Waals surface area contributed by atoms with Crippen LogP contribution in [0.25, 0.3) is 5.76 Å². The number of Topliss-reactive ketones (excluding diaryl/α,β-unsaturated/α-hetero) is 1. The summed E-state index contributed by atoms with van der Waals surface area (Å²) < 4.78 is 27.4. The number of nitrogens with zero attached hydrogens (tertiary/aromatic N) is 1. The number of hydrogen-bond acceptors (Lipinski definition) is 8. The molecule has 0 spiro atoms. The highest BCUT2D eigenvalue weighted by Crippen LogP contribution is 2.46. The zero-order valence-corrected chi connectivity index (χ0v) is 20.8. The number of para-hydroxylation sites is 1. The molecule has 9 heteroatoms. The van der Waals surface area contributed by atoms with Gasteiger partial charge in [0.1, 0.15) is 11.5 Å². The van der Waals surface area contributed by atoms with Crippen LogP contribution < -0.4 is 18.9 Å². The van der Waals surface area contributed by atoms with Crippen LogP contribution in [0, 0.1) is 0 Å². The number of carbonyl (C=O) groups is 2. The molecule has 1 fully saturated rings. The Bertz CT molecular complexity index is 1100. The van der Waals surface area contributed by atoms with Gasteiger partial charge in [0.05, 0.1) is 58.3 Å². The van der Waals surface area contributed by atoms with E-state index in [9.17, 15) is 14.7 Å². The number of amides is 1. The van der Waals surface area contributed by atoms with Crippen LogP contribution >= 0.6 is 0 Å². The van der Waals surface area contributed by atoms with Crippen LogP contribution in [0.2, 0.25) is 0 Å². The molecular formula is C26H31NO8. The molecule has 0 aliphatic carbocycles. The lowest BCUT2D eigenvalue weighted by molar-refractivity contribution is -0.140. The Labute approximate surface area is 204 Å². The summed E-state index contributed by atoms with van der Waals surface area (Å²) in [6.07, 6.45) is -0.0555. The predicted octanol–water partition coefficient (Wildman–Crippen LogP) is 3.57. The molecule has 1 atom stereocenters. The molecule has 2 aromatic carbocycles. The normalized spacial score (nSPS) is 17.1. The fourth-order valence-corrected chi connectivity index (χ4v) is 4.09. The summed E-state index contributed by atoms with van der Waals surface area (Å²) >= 11 is 0. The largest absolute Gasteiger partial charge is 0.507 e. The number of carbonyl (C=O) groups excluding carboxylic acids is 2. The molecule has 35 heavy (non-hydrogen) atoms. The van der Waals surface area contributed by atoms with Crippen molar-refractivity contribution in [2.45, 2.75) is 26.0 Å². The number of methoxy groups -OCH3 is 4. The van der Waals surface area contributed by atoms with E-state index < -0.39 is 17.7 Å². The quantitative estimate of drug-likeness (QED) is 0.310. The number of ketones is 1. The van der Waals surface area contributed by atoms with Crippen molar-refractivity contribution in [1.29, 1.82) is 0 Å². The van der Waals surface area contributed by atoms with Crippen molar-refractivity contribution in [2.24, 2.45) is 0 Å². The summed E-state index contributed by atoms with van der Waals surface area (Å²) in [5.41, 5.74) is 0.724. The van der Waals surface area contributed by atoms with Gasteiger partial charge < -0.3 is 33.7 Å². The van der Waals surface area contributed by atoms with Gasteiger partial charge in [0, 0.05) is 6.54 Å². The van der Waals surface area contributed by atoms with Crippen molar-refractivity contribution >= 4 is 17.4 Å². The number of aliphatic hydroxyl groups is 1. The van der Waals surface area contributed by atoms with Gasteiger partial charge in [-0.2, -0.15) is 0 Å². The Morgan fingerprint density at radius 3 is 2.09 bits per heavy atom. The van der Waals surface area contributed by atoms with E-state index in [2.05, 4.69) is 0 Å². The van der Waals surface area contributed by atoms with Crippen LogP contribution in [-0.4, -0.2) is 69.4 Å². The fourth-order valence-electron chi connectivity index (χ4n) is 4.09. The van der Waals surface area contributed by atoms with E-state index in [0.29, 0.717) is 34.1 Å². The number of ether oxygens (including phenoxy) is 5. The minimum absolute atomic E-state index is 0.0555. The lowest BCUT2D eigenvalue weighted by atomic mass is 9.94. The maximum atomic E-state index is 13.3. The van der Waals surface area contributed by atoms with E-state index in [1.54, 1.807) is 36.4 Å². The Morgan fingerprint density at radius 1 is 0.943 bits per heavy atom. The summed E-state index contributed by atoms with van der Waals surface area (Å²) in [4.78, 5) is 27.8. The first kappa shape index (κ1) is 25.9. The first-order chi connectivity index (χ1) is 16.8. The highest BCUT2D eigenvalue weighted by Gasteiger charge is 2.46. The third kappa shape index (κ3) is 5.05. The first-order valence-corrected chi connectivity index (χ1v) is 11.1. The van der Waals surface area contributed by atoms with Crippen LogP contribution in [0.15, 0.2) is 42.0 Å². The third-order valence-corrected chi connectivity index (χ3v) is 5.69.